The number of nitrogens with one attached hydrogen (secondary N) is 1. The Morgan fingerprint density at radius 3 is 2.79 bits per heavy atom. The van der Waals surface area contributed by atoms with Crippen molar-refractivity contribution in [2.75, 3.05) is 32.8 Å². The Hall–Kier alpha value is -0.120. The number of morpholine rings is 1. The van der Waals surface area contributed by atoms with E-state index in [-0.39, 0.29) is 0 Å². The lowest BCUT2D eigenvalue weighted by Gasteiger charge is -2.32. The molecule has 0 amide bonds. The second-order valence-corrected chi connectivity index (χ2v) is 4.29. The van der Waals surface area contributed by atoms with Crippen molar-refractivity contribution in [1.82, 2.24) is 10.2 Å². The molecule has 1 unspecified atom stereocenters. The van der Waals surface area contributed by atoms with Crippen LogP contribution in [-0.4, -0.2) is 49.8 Å². The molecule has 0 aliphatic carbocycles. The van der Waals surface area contributed by atoms with Crippen LogP contribution in [0.2, 0.25) is 0 Å². The quantitative estimate of drug-likeness (QED) is 0.719. The molecule has 0 bridgehead atoms. The van der Waals surface area contributed by atoms with Gasteiger partial charge < -0.3 is 10.1 Å². The van der Waals surface area contributed by atoms with Gasteiger partial charge in [0, 0.05) is 25.7 Å². The van der Waals surface area contributed by atoms with Gasteiger partial charge in [0.25, 0.3) is 0 Å². The van der Waals surface area contributed by atoms with Crippen LogP contribution in [0.5, 0.6) is 0 Å². The first-order valence-electron chi connectivity index (χ1n) is 5.80. The van der Waals surface area contributed by atoms with E-state index in [1.54, 1.807) is 0 Å². The molecule has 1 fully saturated rings. The first kappa shape index (κ1) is 12.0. The largest absolute Gasteiger partial charge is 0.374 e. The lowest BCUT2D eigenvalue weighted by atomic mass is 10.2. The summed E-state index contributed by atoms with van der Waals surface area (Å²) in [5, 5.41) is 3.37. The van der Waals surface area contributed by atoms with Gasteiger partial charge in [-0.1, -0.05) is 6.92 Å². The number of hydrogen-bond acceptors (Lipinski definition) is 3. The minimum absolute atomic E-state index is 0.387. The number of ether oxygens (including phenoxy) is 1. The van der Waals surface area contributed by atoms with Crippen LogP contribution in [0.1, 0.15) is 27.2 Å². The summed E-state index contributed by atoms with van der Waals surface area (Å²) in [7, 11) is 0. The lowest BCUT2D eigenvalue weighted by molar-refractivity contribution is -0.000307. The molecule has 0 aromatic carbocycles. The predicted octanol–water partition coefficient (Wildman–Crippen LogP) is 1.10. The Bertz CT molecular complexity index is 144. The van der Waals surface area contributed by atoms with Crippen molar-refractivity contribution in [3.8, 4) is 0 Å². The Morgan fingerprint density at radius 2 is 2.29 bits per heavy atom. The Kier molecular flexibility index (Phi) is 5.45. The van der Waals surface area contributed by atoms with Crippen LogP contribution in [0, 0.1) is 0 Å². The summed E-state index contributed by atoms with van der Waals surface area (Å²) < 4.78 is 5.70. The van der Waals surface area contributed by atoms with Gasteiger partial charge in [-0.15, -0.1) is 0 Å². The molecule has 1 atom stereocenters. The van der Waals surface area contributed by atoms with Gasteiger partial charge in [-0.05, 0) is 26.8 Å². The van der Waals surface area contributed by atoms with Gasteiger partial charge in [0.15, 0.2) is 0 Å². The van der Waals surface area contributed by atoms with E-state index in [0.717, 1.165) is 26.2 Å². The summed E-state index contributed by atoms with van der Waals surface area (Å²) in [4.78, 5) is 2.50. The Morgan fingerprint density at radius 1 is 1.50 bits per heavy atom. The highest BCUT2D eigenvalue weighted by Gasteiger charge is 2.18. The van der Waals surface area contributed by atoms with Gasteiger partial charge >= 0.3 is 0 Å². The van der Waals surface area contributed by atoms with Crippen LogP contribution < -0.4 is 5.32 Å². The molecule has 1 rings (SSSR count). The van der Waals surface area contributed by atoms with Gasteiger partial charge in [0.2, 0.25) is 0 Å². The summed E-state index contributed by atoms with van der Waals surface area (Å²) in [6, 6.07) is 0.625. The molecule has 0 spiro atoms. The molecule has 14 heavy (non-hydrogen) atoms. The fourth-order valence-corrected chi connectivity index (χ4v) is 1.85. The first-order chi connectivity index (χ1) is 6.74. The van der Waals surface area contributed by atoms with E-state index in [4.69, 9.17) is 4.74 Å². The maximum absolute atomic E-state index is 5.70. The van der Waals surface area contributed by atoms with E-state index >= 15 is 0 Å². The SMILES string of the molecule is CCCN(CC1CNCCO1)C(C)C. The maximum Gasteiger partial charge on any atom is 0.0826 e. The summed E-state index contributed by atoms with van der Waals surface area (Å²) in [5.41, 5.74) is 0. The minimum atomic E-state index is 0.387. The molecule has 1 N–H and O–H groups in total. The number of rotatable bonds is 5. The average Bonchev–Trinajstić information content (AvgIpc) is 2.18. The van der Waals surface area contributed by atoms with Crippen molar-refractivity contribution < 1.29 is 4.74 Å². The second kappa shape index (κ2) is 6.38. The van der Waals surface area contributed by atoms with Crippen LogP contribution in [-0.2, 0) is 4.74 Å². The summed E-state index contributed by atoms with van der Waals surface area (Å²) in [6.07, 6.45) is 1.61. The van der Waals surface area contributed by atoms with Gasteiger partial charge in [-0.3, -0.25) is 4.90 Å². The molecule has 1 heterocycles. The predicted molar refractivity (Wildman–Crippen MR) is 59.6 cm³/mol. The van der Waals surface area contributed by atoms with Crippen LogP contribution in [0.4, 0.5) is 0 Å². The fraction of sp³-hybridized carbons (Fsp3) is 1.00. The van der Waals surface area contributed by atoms with E-state index in [1.165, 1.54) is 13.0 Å². The molecule has 0 saturated carbocycles. The minimum Gasteiger partial charge on any atom is -0.374 e. The van der Waals surface area contributed by atoms with E-state index in [9.17, 15) is 0 Å². The third-order valence-electron chi connectivity index (χ3n) is 2.68. The monoisotopic (exact) mass is 200 g/mol. The van der Waals surface area contributed by atoms with Crippen molar-refractivity contribution in [3.63, 3.8) is 0 Å². The smallest absolute Gasteiger partial charge is 0.0826 e. The number of nitrogens with zero attached hydrogens (tertiary/aromatic N) is 1. The zero-order valence-corrected chi connectivity index (χ0v) is 9.75. The molecule has 1 aliphatic rings. The van der Waals surface area contributed by atoms with Crippen molar-refractivity contribution in [3.05, 3.63) is 0 Å². The van der Waals surface area contributed by atoms with Crippen molar-refractivity contribution >= 4 is 0 Å². The van der Waals surface area contributed by atoms with Crippen LogP contribution in [0.3, 0.4) is 0 Å². The van der Waals surface area contributed by atoms with E-state index < -0.39 is 0 Å². The van der Waals surface area contributed by atoms with Crippen molar-refractivity contribution in [1.29, 1.82) is 0 Å². The van der Waals surface area contributed by atoms with Gasteiger partial charge in [0.1, 0.15) is 0 Å². The topological polar surface area (TPSA) is 24.5 Å². The molecule has 1 aliphatic heterocycles. The van der Waals surface area contributed by atoms with Crippen molar-refractivity contribution in [2.45, 2.75) is 39.3 Å². The lowest BCUT2D eigenvalue weighted by Crippen LogP contribution is -2.47. The van der Waals surface area contributed by atoms with Crippen LogP contribution in [0.25, 0.3) is 0 Å². The summed E-state index contributed by atoms with van der Waals surface area (Å²) >= 11 is 0. The molecular formula is C11H24N2O. The summed E-state index contributed by atoms with van der Waals surface area (Å²) in [5.74, 6) is 0. The van der Waals surface area contributed by atoms with Crippen LogP contribution >= 0.6 is 0 Å². The first-order valence-corrected chi connectivity index (χ1v) is 5.80. The summed E-state index contributed by atoms with van der Waals surface area (Å²) in [6.45, 7) is 11.9. The molecule has 3 nitrogen and oxygen atoms in total. The molecule has 0 aromatic rings. The second-order valence-electron chi connectivity index (χ2n) is 4.29. The molecule has 3 heteroatoms. The van der Waals surface area contributed by atoms with Gasteiger partial charge in [-0.2, -0.15) is 0 Å². The highest BCUT2D eigenvalue weighted by Crippen LogP contribution is 2.05. The molecule has 0 radical (unpaired) electrons. The van der Waals surface area contributed by atoms with E-state index in [1.807, 2.05) is 0 Å². The Balaban J connectivity index is 2.29. The number of hydrogen-bond donors (Lipinski definition) is 1. The molecular weight excluding hydrogens is 176 g/mol. The molecule has 84 valence electrons. The normalized spacial score (nSPS) is 23.4. The van der Waals surface area contributed by atoms with Crippen molar-refractivity contribution in [2.24, 2.45) is 0 Å². The highest BCUT2D eigenvalue weighted by molar-refractivity contribution is 4.73. The van der Waals surface area contributed by atoms with Crippen LogP contribution in [0.15, 0.2) is 0 Å². The van der Waals surface area contributed by atoms with Gasteiger partial charge in [-0.25, -0.2) is 0 Å². The maximum atomic E-state index is 5.70. The van der Waals surface area contributed by atoms with Gasteiger partial charge in [0.05, 0.1) is 12.7 Å². The van der Waals surface area contributed by atoms with E-state index in [0.29, 0.717) is 12.1 Å². The Labute approximate surface area is 87.8 Å². The molecule has 0 aromatic heterocycles. The fourth-order valence-electron chi connectivity index (χ4n) is 1.85. The standard InChI is InChI=1S/C11H24N2O/c1-4-6-13(10(2)3)9-11-8-12-5-7-14-11/h10-12H,4-9H2,1-3H3. The third-order valence-corrected chi connectivity index (χ3v) is 2.68. The van der Waals surface area contributed by atoms with E-state index in [2.05, 4.69) is 31.0 Å². The third kappa shape index (κ3) is 3.95. The molecule has 1 saturated heterocycles. The highest BCUT2D eigenvalue weighted by atomic mass is 16.5. The average molecular weight is 200 g/mol. The zero-order chi connectivity index (χ0) is 10.4. The zero-order valence-electron chi connectivity index (χ0n) is 9.75.